The van der Waals surface area contributed by atoms with E-state index in [4.69, 9.17) is 26.4 Å². The second-order valence-corrected chi connectivity index (χ2v) is 7.67. The van der Waals surface area contributed by atoms with E-state index in [1.54, 1.807) is 12.1 Å². The largest absolute Gasteiger partial charge is 0.494 e. The molecule has 1 aliphatic heterocycles. The van der Waals surface area contributed by atoms with Gasteiger partial charge in [0, 0.05) is 24.3 Å². The molecule has 2 atom stereocenters. The first-order valence-electron chi connectivity index (χ1n) is 10.1. The van der Waals surface area contributed by atoms with Crippen molar-refractivity contribution < 1.29 is 19.0 Å². The Morgan fingerprint density at radius 3 is 2.20 bits per heavy atom. The number of carbonyl (C=O) groups excluding carboxylic acids is 1. The topological polar surface area (TPSA) is 60.0 Å². The number of thiocarbonyl (C=S) groups is 1. The van der Waals surface area contributed by atoms with Crippen LogP contribution in [0.15, 0.2) is 48.5 Å². The van der Waals surface area contributed by atoms with Crippen molar-refractivity contribution in [3.05, 3.63) is 54.1 Å². The van der Waals surface area contributed by atoms with Gasteiger partial charge in [-0.1, -0.05) is 12.2 Å². The molecule has 0 saturated carbocycles. The quantitative estimate of drug-likeness (QED) is 0.676. The number of ether oxygens (including phenoxy) is 3. The van der Waals surface area contributed by atoms with E-state index in [2.05, 4.69) is 24.1 Å². The summed E-state index contributed by atoms with van der Waals surface area (Å²) in [5.74, 6) is 1.16. The third-order valence-electron chi connectivity index (χ3n) is 4.63. The molecule has 0 aliphatic carbocycles. The molecule has 2 aromatic rings. The van der Waals surface area contributed by atoms with Gasteiger partial charge in [-0.05, 0) is 69.3 Å². The number of hydrogen-bond acceptors (Lipinski definition) is 5. The van der Waals surface area contributed by atoms with Crippen LogP contribution >= 0.6 is 12.2 Å². The van der Waals surface area contributed by atoms with Crippen molar-refractivity contribution in [1.29, 1.82) is 0 Å². The van der Waals surface area contributed by atoms with Gasteiger partial charge in [0.25, 0.3) is 5.91 Å². The molecule has 1 amide bonds. The molecule has 160 valence electrons. The van der Waals surface area contributed by atoms with Crippen LogP contribution in [0.3, 0.4) is 0 Å². The highest BCUT2D eigenvalue weighted by atomic mass is 32.1. The summed E-state index contributed by atoms with van der Waals surface area (Å²) in [6, 6.07) is 14.7. The molecule has 7 heteroatoms. The summed E-state index contributed by atoms with van der Waals surface area (Å²) in [5, 5.41) is 2.80. The van der Waals surface area contributed by atoms with Crippen LogP contribution in [0.4, 0.5) is 5.69 Å². The SMILES string of the molecule is CCOc1ccc(NC(=O)COc2ccc(C(=S)N3C[C@@H](C)O[C@@H](C)C3)cc2)cc1. The van der Waals surface area contributed by atoms with Gasteiger partial charge < -0.3 is 24.4 Å². The van der Waals surface area contributed by atoms with Gasteiger partial charge in [-0.3, -0.25) is 4.79 Å². The minimum absolute atomic E-state index is 0.0739. The Bertz CT molecular complexity index is 845. The molecule has 1 heterocycles. The lowest BCUT2D eigenvalue weighted by molar-refractivity contribution is -0.118. The summed E-state index contributed by atoms with van der Waals surface area (Å²) >= 11 is 5.65. The fourth-order valence-corrected chi connectivity index (χ4v) is 3.65. The van der Waals surface area contributed by atoms with Crippen LogP contribution in [-0.2, 0) is 9.53 Å². The third-order valence-corrected chi connectivity index (χ3v) is 5.12. The highest BCUT2D eigenvalue weighted by molar-refractivity contribution is 7.80. The van der Waals surface area contributed by atoms with Crippen molar-refractivity contribution in [2.75, 3.05) is 31.6 Å². The predicted molar refractivity (Wildman–Crippen MR) is 121 cm³/mol. The number of hydrogen-bond donors (Lipinski definition) is 1. The number of rotatable bonds is 7. The summed E-state index contributed by atoms with van der Waals surface area (Å²) in [6.07, 6.45) is 0.311. The van der Waals surface area contributed by atoms with Crippen LogP contribution in [0.2, 0.25) is 0 Å². The average Bonchev–Trinajstić information content (AvgIpc) is 2.73. The average molecular weight is 429 g/mol. The molecule has 2 aromatic carbocycles. The lowest BCUT2D eigenvalue weighted by Gasteiger charge is -2.37. The maximum absolute atomic E-state index is 12.1. The molecule has 1 fully saturated rings. The van der Waals surface area contributed by atoms with Crippen LogP contribution in [0.25, 0.3) is 0 Å². The number of anilines is 1. The van der Waals surface area contributed by atoms with Crippen LogP contribution in [0.1, 0.15) is 26.3 Å². The number of nitrogens with zero attached hydrogens (tertiary/aromatic N) is 1. The molecule has 1 aliphatic rings. The molecule has 0 unspecified atom stereocenters. The molecule has 0 aromatic heterocycles. The molecular weight excluding hydrogens is 400 g/mol. The first-order valence-corrected chi connectivity index (χ1v) is 10.6. The molecule has 3 rings (SSSR count). The zero-order valence-corrected chi connectivity index (χ0v) is 18.4. The van der Waals surface area contributed by atoms with E-state index in [0.29, 0.717) is 18.0 Å². The molecule has 0 radical (unpaired) electrons. The molecule has 1 saturated heterocycles. The van der Waals surface area contributed by atoms with Gasteiger partial charge in [-0.25, -0.2) is 0 Å². The second-order valence-electron chi connectivity index (χ2n) is 7.29. The van der Waals surface area contributed by atoms with Gasteiger partial charge in [0.2, 0.25) is 0 Å². The van der Waals surface area contributed by atoms with E-state index in [1.807, 2.05) is 43.3 Å². The minimum Gasteiger partial charge on any atom is -0.494 e. The van der Waals surface area contributed by atoms with Crippen molar-refractivity contribution in [2.24, 2.45) is 0 Å². The van der Waals surface area contributed by atoms with Crippen LogP contribution in [-0.4, -0.2) is 54.3 Å². The van der Waals surface area contributed by atoms with Gasteiger partial charge in [-0.2, -0.15) is 0 Å². The Morgan fingerprint density at radius 2 is 1.60 bits per heavy atom. The lowest BCUT2D eigenvalue weighted by Crippen LogP contribution is -2.47. The van der Waals surface area contributed by atoms with Gasteiger partial charge in [0.1, 0.15) is 16.5 Å². The van der Waals surface area contributed by atoms with Crippen LogP contribution in [0.5, 0.6) is 11.5 Å². The van der Waals surface area contributed by atoms with Crippen LogP contribution in [0, 0.1) is 0 Å². The molecule has 0 bridgehead atoms. The maximum Gasteiger partial charge on any atom is 0.262 e. The summed E-state index contributed by atoms with van der Waals surface area (Å²) in [4.78, 5) is 15.1. The Kier molecular flexibility index (Phi) is 7.65. The fraction of sp³-hybridized carbons (Fsp3) is 0.391. The Hall–Kier alpha value is -2.64. The summed E-state index contributed by atoms with van der Waals surface area (Å²) in [7, 11) is 0. The fourth-order valence-electron chi connectivity index (χ4n) is 3.37. The molecule has 0 spiro atoms. The monoisotopic (exact) mass is 428 g/mol. The van der Waals surface area contributed by atoms with Gasteiger partial charge in [0.15, 0.2) is 6.61 Å². The van der Waals surface area contributed by atoms with Crippen molar-refractivity contribution in [2.45, 2.75) is 33.0 Å². The molecule has 1 N–H and O–H groups in total. The first kappa shape index (κ1) is 22.1. The van der Waals surface area contributed by atoms with Crippen molar-refractivity contribution >= 4 is 28.8 Å². The Balaban J connectivity index is 1.49. The van der Waals surface area contributed by atoms with Gasteiger partial charge in [-0.15, -0.1) is 0 Å². The van der Waals surface area contributed by atoms with Gasteiger partial charge in [0.05, 0.1) is 18.8 Å². The van der Waals surface area contributed by atoms with Crippen LogP contribution < -0.4 is 14.8 Å². The molecular formula is C23H28N2O4S. The normalized spacial score (nSPS) is 18.6. The first-order chi connectivity index (χ1) is 14.4. The van der Waals surface area contributed by atoms with Crippen molar-refractivity contribution in [3.8, 4) is 11.5 Å². The highest BCUT2D eigenvalue weighted by Crippen LogP contribution is 2.19. The summed E-state index contributed by atoms with van der Waals surface area (Å²) in [6.45, 7) is 8.14. The highest BCUT2D eigenvalue weighted by Gasteiger charge is 2.24. The number of nitrogens with one attached hydrogen (secondary N) is 1. The summed E-state index contributed by atoms with van der Waals surface area (Å²) in [5.41, 5.74) is 1.65. The zero-order chi connectivity index (χ0) is 21.5. The summed E-state index contributed by atoms with van der Waals surface area (Å²) < 4.78 is 16.8. The Morgan fingerprint density at radius 1 is 1.03 bits per heavy atom. The standard InChI is InChI=1S/C23H28N2O4S/c1-4-27-20-11-7-19(8-12-20)24-22(26)15-28-21-9-5-18(6-10-21)23(30)25-13-16(2)29-17(3)14-25/h5-12,16-17H,4,13-15H2,1-3H3,(H,24,26)/t16-,17+. The maximum atomic E-state index is 12.1. The van der Waals surface area contributed by atoms with Crippen molar-refractivity contribution in [3.63, 3.8) is 0 Å². The number of benzene rings is 2. The molecule has 30 heavy (non-hydrogen) atoms. The number of morpholine rings is 1. The second kappa shape index (κ2) is 10.4. The lowest BCUT2D eigenvalue weighted by atomic mass is 10.1. The third kappa shape index (κ3) is 6.18. The smallest absolute Gasteiger partial charge is 0.262 e. The van der Waals surface area contributed by atoms with E-state index in [1.165, 1.54) is 0 Å². The number of carbonyl (C=O) groups is 1. The minimum atomic E-state index is -0.227. The predicted octanol–water partition coefficient (Wildman–Crippen LogP) is 3.89. The van der Waals surface area contributed by atoms with E-state index < -0.39 is 0 Å². The Labute approximate surface area is 183 Å². The van der Waals surface area contributed by atoms with E-state index in [-0.39, 0.29) is 24.7 Å². The van der Waals surface area contributed by atoms with E-state index >= 15 is 0 Å². The van der Waals surface area contributed by atoms with E-state index in [9.17, 15) is 4.79 Å². The van der Waals surface area contributed by atoms with E-state index in [0.717, 1.165) is 29.4 Å². The number of amides is 1. The zero-order valence-electron chi connectivity index (χ0n) is 17.6. The van der Waals surface area contributed by atoms with Gasteiger partial charge >= 0.3 is 0 Å². The molecule has 6 nitrogen and oxygen atoms in total. The van der Waals surface area contributed by atoms with Crippen molar-refractivity contribution in [1.82, 2.24) is 4.90 Å².